The maximum Gasteiger partial charge on any atom is 0.255 e. The van der Waals surface area contributed by atoms with Crippen LogP contribution < -0.4 is 10.1 Å². The number of anilines is 1. The molecule has 0 atom stereocenters. The zero-order valence-corrected chi connectivity index (χ0v) is 15.3. The van der Waals surface area contributed by atoms with Gasteiger partial charge in [-0.05, 0) is 45.8 Å². The van der Waals surface area contributed by atoms with Gasteiger partial charge in [0.25, 0.3) is 5.91 Å². The minimum Gasteiger partial charge on any atom is -0.496 e. The van der Waals surface area contributed by atoms with Gasteiger partial charge in [0.1, 0.15) is 11.3 Å². The Bertz CT molecular complexity index is 1070. The second-order valence-electron chi connectivity index (χ2n) is 5.64. The van der Waals surface area contributed by atoms with Gasteiger partial charge in [-0.3, -0.25) is 4.79 Å². The van der Waals surface area contributed by atoms with Crippen LogP contribution in [0.25, 0.3) is 22.2 Å². The van der Waals surface area contributed by atoms with E-state index in [-0.39, 0.29) is 5.91 Å². The fourth-order valence-corrected chi connectivity index (χ4v) is 3.13. The third kappa shape index (κ3) is 3.09. The molecule has 0 saturated heterocycles. The second-order valence-corrected chi connectivity index (χ2v) is 6.42. The SMILES string of the molecule is COc1cc(C(=O)Nc2ccc(-c3cnc[nH]3)cc2)cc2oc(Br)cc12. The molecule has 2 N–H and O–H groups in total. The van der Waals surface area contributed by atoms with E-state index in [4.69, 9.17) is 9.15 Å². The van der Waals surface area contributed by atoms with Gasteiger partial charge in [0, 0.05) is 17.3 Å². The number of hydrogen-bond donors (Lipinski definition) is 2. The predicted octanol–water partition coefficient (Wildman–Crippen LogP) is 4.85. The number of methoxy groups -OCH3 is 1. The lowest BCUT2D eigenvalue weighted by molar-refractivity contribution is 0.102. The van der Waals surface area contributed by atoms with E-state index in [0.717, 1.165) is 16.6 Å². The lowest BCUT2D eigenvalue weighted by atomic mass is 10.1. The lowest BCUT2D eigenvalue weighted by Gasteiger charge is -2.08. The summed E-state index contributed by atoms with van der Waals surface area (Å²) in [5.41, 5.74) is 3.63. The van der Waals surface area contributed by atoms with Crippen molar-refractivity contribution in [2.45, 2.75) is 0 Å². The molecule has 0 spiro atoms. The summed E-state index contributed by atoms with van der Waals surface area (Å²) in [6.45, 7) is 0. The van der Waals surface area contributed by atoms with Crippen molar-refractivity contribution in [3.8, 4) is 17.0 Å². The first-order valence-corrected chi connectivity index (χ1v) is 8.60. The third-order valence-electron chi connectivity index (χ3n) is 4.00. The van der Waals surface area contributed by atoms with E-state index in [1.165, 1.54) is 0 Å². The highest BCUT2D eigenvalue weighted by atomic mass is 79.9. The summed E-state index contributed by atoms with van der Waals surface area (Å²) in [5, 5.41) is 3.69. The van der Waals surface area contributed by atoms with Gasteiger partial charge in [-0.2, -0.15) is 0 Å². The zero-order valence-electron chi connectivity index (χ0n) is 13.7. The average molecular weight is 412 g/mol. The fraction of sp³-hybridized carbons (Fsp3) is 0.0526. The summed E-state index contributed by atoms with van der Waals surface area (Å²) in [6.07, 6.45) is 3.37. The van der Waals surface area contributed by atoms with Crippen molar-refractivity contribution >= 4 is 38.5 Å². The molecule has 4 aromatic rings. The van der Waals surface area contributed by atoms with Crippen LogP contribution in [0.3, 0.4) is 0 Å². The highest BCUT2D eigenvalue weighted by Crippen LogP contribution is 2.32. The molecule has 0 radical (unpaired) electrons. The van der Waals surface area contributed by atoms with Crippen LogP contribution in [0.4, 0.5) is 5.69 Å². The quantitative estimate of drug-likeness (QED) is 0.503. The number of hydrogen-bond acceptors (Lipinski definition) is 4. The van der Waals surface area contributed by atoms with Crippen molar-refractivity contribution in [1.29, 1.82) is 0 Å². The van der Waals surface area contributed by atoms with Crippen LogP contribution in [-0.4, -0.2) is 23.0 Å². The summed E-state index contributed by atoms with van der Waals surface area (Å²) in [7, 11) is 1.56. The van der Waals surface area contributed by atoms with Crippen LogP contribution in [0.15, 0.2) is 64.1 Å². The smallest absolute Gasteiger partial charge is 0.255 e. The summed E-state index contributed by atoms with van der Waals surface area (Å²) in [4.78, 5) is 19.7. The molecule has 0 bridgehead atoms. The summed E-state index contributed by atoms with van der Waals surface area (Å²) >= 11 is 3.30. The normalized spacial score (nSPS) is 10.8. The van der Waals surface area contributed by atoms with Gasteiger partial charge in [-0.1, -0.05) is 12.1 Å². The molecule has 130 valence electrons. The molecule has 0 aliphatic carbocycles. The molecular weight excluding hydrogens is 398 g/mol. The van der Waals surface area contributed by atoms with Crippen molar-refractivity contribution < 1.29 is 13.9 Å². The van der Waals surface area contributed by atoms with E-state index in [2.05, 4.69) is 31.2 Å². The number of H-pyrrole nitrogens is 1. The van der Waals surface area contributed by atoms with Crippen LogP contribution in [0.5, 0.6) is 5.75 Å². The number of halogens is 1. The predicted molar refractivity (Wildman–Crippen MR) is 102 cm³/mol. The first-order valence-electron chi connectivity index (χ1n) is 7.81. The van der Waals surface area contributed by atoms with E-state index in [0.29, 0.717) is 27.3 Å². The van der Waals surface area contributed by atoms with Crippen molar-refractivity contribution in [3.05, 3.63) is 65.2 Å². The molecule has 2 heterocycles. The number of aromatic nitrogens is 2. The Labute approximate surface area is 157 Å². The number of carbonyl (C=O) groups is 1. The van der Waals surface area contributed by atoms with Gasteiger partial charge < -0.3 is 19.5 Å². The molecule has 2 aromatic heterocycles. The standard InChI is InChI=1S/C19H14BrN3O3/c1-25-16-6-12(7-17-14(16)8-18(20)26-17)19(24)23-13-4-2-11(3-5-13)15-9-21-10-22-15/h2-10H,1H3,(H,21,22)(H,23,24). The number of benzene rings is 2. The van der Waals surface area contributed by atoms with Crippen molar-refractivity contribution in [3.63, 3.8) is 0 Å². The Morgan fingerprint density at radius 1 is 1.23 bits per heavy atom. The molecule has 0 saturated carbocycles. The maximum atomic E-state index is 12.6. The van der Waals surface area contributed by atoms with Crippen molar-refractivity contribution in [1.82, 2.24) is 9.97 Å². The Kier molecular flexibility index (Phi) is 4.22. The second kappa shape index (κ2) is 6.68. The average Bonchev–Trinajstić information content (AvgIpc) is 3.30. The molecule has 6 nitrogen and oxygen atoms in total. The first kappa shape index (κ1) is 16.4. The van der Waals surface area contributed by atoms with E-state index >= 15 is 0 Å². The Hall–Kier alpha value is -3.06. The number of nitrogens with one attached hydrogen (secondary N) is 2. The Morgan fingerprint density at radius 2 is 2.04 bits per heavy atom. The van der Waals surface area contributed by atoms with Crippen LogP contribution in [0, 0.1) is 0 Å². The van der Waals surface area contributed by atoms with E-state index in [1.54, 1.807) is 31.8 Å². The van der Waals surface area contributed by atoms with Crippen LogP contribution in [-0.2, 0) is 0 Å². The number of aromatic amines is 1. The molecule has 26 heavy (non-hydrogen) atoms. The number of imidazole rings is 1. The number of rotatable bonds is 4. The zero-order chi connectivity index (χ0) is 18.1. The van der Waals surface area contributed by atoms with Gasteiger partial charge in [-0.15, -0.1) is 0 Å². The van der Waals surface area contributed by atoms with Crippen molar-refractivity contribution in [2.75, 3.05) is 12.4 Å². The number of ether oxygens (including phenoxy) is 1. The number of fused-ring (bicyclic) bond motifs is 1. The summed E-state index contributed by atoms with van der Waals surface area (Å²) < 4.78 is 11.5. The molecule has 1 amide bonds. The first-order chi connectivity index (χ1) is 12.6. The minimum absolute atomic E-state index is 0.244. The molecular formula is C19H14BrN3O3. The molecule has 4 rings (SSSR count). The molecule has 0 fully saturated rings. The lowest BCUT2D eigenvalue weighted by Crippen LogP contribution is -2.11. The number of amides is 1. The fourth-order valence-electron chi connectivity index (χ4n) is 2.73. The summed E-state index contributed by atoms with van der Waals surface area (Å²) in [5.74, 6) is 0.337. The van der Waals surface area contributed by atoms with Gasteiger partial charge in [0.15, 0.2) is 4.67 Å². The Balaban J connectivity index is 1.59. The van der Waals surface area contributed by atoms with Crippen LogP contribution in [0.1, 0.15) is 10.4 Å². The van der Waals surface area contributed by atoms with E-state index in [1.807, 2.05) is 30.3 Å². The number of nitrogens with zero attached hydrogens (tertiary/aromatic N) is 1. The topological polar surface area (TPSA) is 80.1 Å². The van der Waals surface area contributed by atoms with E-state index in [9.17, 15) is 4.79 Å². The molecule has 0 unspecified atom stereocenters. The summed E-state index contributed by atoms with van der Waals surface area (Å²) in [6, 6.07) is 12.7. The van der Waals surface area contributed by atoms with Gasteiger partial charge in [-0.25, -0.2) is 4.98 Å². The van der Waals surface area contributed by atoms with Gasteiger partial charge in [0.2, 0.25) is 0 Å². The molecule has 7 heteroatoms. The van der Waals surface area contributed by atoms with Crippen LogP contribution in [0.2, 0.25) is 0 Å². The van der Waals surface area contributed by atoms with Crippen molar-refractivity contribution in [2.24, 2.45) is 0 Å². The van der Waals surface area contributed by atoms with Gasteiger partial charge in [0.05, 0.1) is 30.7 Å². The number of furan rings is 1. The van der Waals surface area contributed by atoms with Gasteiger partial charge >= 0.3 is 0 Å². The minimum atomic E-state index is -0.244. The monoisotopic (exact) mass is 411 g/mol. The third-order valence-corrected chi connectivity index (χ3v) is 4.39. The number of carbonyl (C=O) groups excluding carboxylic acids is 1. The Morgan fingerprint density at radius 3 is 2.73 bits per heavy atom. The molecule has 0 aliphatic rings. The molecule has 2 aromatic carbocycles. The van der Waals surface area contributed by atoms with E-state index < -0.39 is 0 Å². The van der Waals surface area contributed by atoms with Crippen LogP contribution >= 0.6 is 15.9 Å². The maximum absolute atomic E-state index is 12.6. The highest BCUT2D eigenvalue weighted by Gasteiger charge is 2.14. The highest BCUT2D eigenvalue weighted by molar-refractivity contribution is 9.10. The molecule has 0 aliphatic heterocycles. The largest absolute Gasteiger partial charge is 0.496 e.